The lowest BCUT2D eigenvalue weighted by Gasteiger charge is -2.34. The molecule has 0 saturated carbocycles. The molecule has 1 unspecified atom stereocenters. The summed E-state index contributed by atoms with van der Waals surface area (Å²) in [5.41, 5.74) is -0.880. The third-order valence-corrected chi connectivity index (χ3v) is 4.52. The van der Waals surface area contributed by atoms with Gasteiger partial charge in [0.25, 0.3) is 5.91 Å². The first-order valence-electron chi connectivity index (χ1n) is 8.65. The lowest BCUT2D eigenvalue weighted by molar-refractivity contribution is -0.121. The highest BCUT2D eigenvalue weighted by molar-refractivity contribution is 6.01. The maximum atomic E-state index is 14.1. The van der Waals surface area contributed by atoms with Gasteiger partial charge in [-0.25, -0.2) is 13.6 Å². The molecule has 2 heterocycles. The zero-order valence-corrected chi connectivity index (χ0v) is 15.0. The molecule has 7 nitrogen and oxygen atoms in total. The summed E-state index contributed by atoms with van der Waals surface area (Å²) in [6, 6.07) is 3.57. The van der Waals surface area contributed by atoms with E-state index >= 15 is 0 Å². The highest BCUT2D eigenvalue weighted by Crippen LogP contribution is 2.24. The summed E-state index contributed by atoms with van der Waals surface area (Å²) in [6.07, 6.45) is 3.16. The Balaban J connectivity index is 1.83. The van der Waals surface area contributed by atoms with Crippen molar-refractivity contribution >= 4 is 23.5 Å². The number of anilines is 1. The Morgan fingerprint density at radius 2 is 2.00 bits per heavy atom. The molecule has 1 saturated heterocycles. The summed E-state index contributed by atoms with van der Waals surface area (Å²) in [5, 5.41) is 2.34. The molecule has 3 rings (SSSR count). The zero-order chi connectivity index (χ0) is 20.3. The molecule has 1 atom stereocenters. The van der Waals surface area contributed by atoms with Crippen molar-refractivity contribution in [3.63, 3.8) is 0 Å². The first-order valence-corrected chi connectivity index (χ1v) is 8.65. The van der Waals surface area contributed by atoms with Crippen molar-refractivity contribution in [3.05, 3.63) is 53.5 Å². The van der Waals surface area contributed by atoms with Crippen LogP contribution >= 0.6 is 0 Å². The van der Waals surface area contributed by atoms with E-state index in [1.807, 2.05) is 0 Å². The molecule has 1 aromatic carbocycles. The number of nitrogens with one attached hydrogen (secondary N) is 1. The smallest absolute Gasteiger partial charge is 0.340 e. The number of carbonyl (C=O) groups is 3. The van der Waals surface area contributed by atoms with E-state index in [0.29, 0.717) is 31.9 Å². The number of benzene rings is 1. The maximum Gasteiger partial charge on any atom is 0.340 e. The second-order valence-electron chi connectivity index (χ2n) is 6.28. The monoisotopic (exact) mass is 392 g/mol. The van der Waals surface area contributed by atoms with Gasteiger partial charge in [-0.1, -0.05) is 0 Å². The van der Waals surface area contributed by atoms with Gasteiger partial charge >= 0.3 is 5.97 Å². The molecule has 9 heteroatoms. The highest BCUT2D eigenvalue weighted by Gasteiger charge is 2.34. The Morgan fingerprint density at radius 3 is 2.68 bits per heavy atom. The topological polar surface area (TPSA) is 88.9 Å². The number of amides is 2. The minimum atomic E-state index is -1.10. The number of likely N-dealkylation sites (tertiary alicyclic amines) is 1. The number of methoxy groups -OCH3 is 1. The van der Waals surface area contributed by atoms with Crippen LogP contribution in [0.5, 0.6) is 0 Å². The van der Waals surface area contributed by atoms with Crippen molar-refractivity contribution in [2.45, 2.75) is 25.3 Å². The van der Waals surface area contributed by atoms with Crippen LogP contribution in [0.15, 0.2) is 34.9 Å². The lowest BCUT2D eigenvalue weighted by atomic mass is 10.0. The number of piperidine rings is 1. The number of rotatable bonds is 4. The first kappa shape index (κ1) is 19.5. The Morgan fingerprint density at radius 1 is 1.21 bits per heavy atom. The van der Waals surface area contributed by atoms with E-state index in [4.69, 9.17) is 4.42 Å². The van der Waals surface area contributed by atoms with E-state index in [1.165, 1.54) is 17.2 Å². The van der Waals surface area contributed by atoms with Crippen LogP contribution < -0.4 is 5.32 Å². The molecule has 1 N–H and O–H groups in total. The largest absolute Gasteiger partial charge is 0.465 e. The van der Waals surface area contributed by atoms with Gasteiger partial charge in [0, 0.05) is 12.6 Å². The van der Waals surface area contributed by atoms with Crippen LogP contribution in [0.4, 0.5) is 14.5 Å². The van der Waals surface area contributed by atoms with E-state index < -0.39 is 41.0 Å². The van der Waals surface area contributed by atoms with Crippen LogP contribution in [0.1, 0.15) is 40.2 Å². The summed E-state index contributed by atoms with van der Waals surface area (Å²) in [4.78, 5) is 38.3. The molecule has 0 radical (unpaired) electrons. The van der Waals surface area contributed by atoms with Crippen molar-refractivity contribution in [1.29, 1.82) is 0 Å². The Kier molecular flexibility index (Phi) is 5.72. The van der Waals surface area contributed by atoms with Gasteiger partial charge in [-0.3, -0.25) is 9.59 Å². The SMILES string of the molecule is COC(=O)c1cc(NC(=O)C2CCCCN2C(=O)c2ccco2)c(F)cc1F. The molecule has 2 amide bonds. The van der Waals surface area contributed by atoms with Gasteiger partial charge < -0.3 is 19.4 Å². The fraction of sp³-hybridized carbons (Fsp3) is 0.316. The Bertz CT molecular complexity index is 898. The number of ether oxygens (including phenoxy) is 1. The van der Waals surface area contributed by atoms with Crippen molar-refractivity contribution in [3.8, 4) is 0 Å². The predicted molar refractivity (Wildman–Crippen MR) is 93.7 cm³/mol. The van der Waals surface area contributed by atoms with Gasteiger partial charge in [-0.2, -0.15) is 0 Å². The summed E-state index contributed by atoms with van der Waals surface area (Å²) >= 11 is 0. The average Bonchev–Trinajstić information content (AvgIpc) is 3.23. The molecule has 148 valence electrons. The number of nitrogens with zero attached hydrogens (tertiary/aromatic N) is 1. The van der Waals surface area contributed by atoms with Crippen molar-refractivity contribution in [2.75, 3.05) is 19.0 Å². The molecular formula is C19H18F2N2O5. The molecule has 0 bridgehead atoms. The minimum absolute atomic E-state index is 0.0978. The van der Waals surface area contributed by atoms with Crippen LogP contribution in [0.2, 0.25) is 0 Å². The second-order valence-corrected chi connectivity index (χ2v) is 6.28. The molecule has 0 aliphatic carbocycles. The molecule has 1 fully saturated rings. The molecule has 1 aliphatic heterocycles. The van der Waals surface area contributed by atoms with Crippen LogP contribution in [-0.4, -0.2) is 42.4 Å². The normalized spacial score (nSPS) is 16.5. The summed E-state index contributed by atoms with van der Waals surface area (Å²) in [6.45, 7) is 0.344. The van der Waals surface area contributed by atoms with Crippen LogP contribution in [-0.2, 0) is 9.53 Å². The van der Waals surface area contributed by atoms with E-state index in [-0.39, 0.29) is 11.4 Å². The lowest BCUT2D eigenvalue weighted by Crippen LogP contribution is -2.50. The van der Waals surface area contributed by atoms with E-state index in [9.17, 15) is 23.2 Å². The minimum Gasteiger partial charge on any atom is -0.465 e. The quantitative estimate of drug-likeness (QED) is 0.808. The molecule has 1 aliphatic rings. The fourth-order valence-electron chi connectivity index (χ4n) is 3.12. The van der Waals surface area contributed by atoms with Crippen LogP contribution in [0.3, 0.4) is 0 Å². The van der Waals surface area contributed by atoms with E-state index in [0.717, 1.165) is 13.2 Å². The van der Waals surface area contributed by atoms with Gasteiger partial charge in [0.1, 0.15) is 17.7 Å². The van der Waals surface area contributed by atoms with Gasteiger partial charge in [-0.15, -0.1) is 0 Å². The van der Waals surface area contributed by atoms with Crippen molar-refractivity contribution < 1.29 is 32.3 Å². The van der Waals surface area contributed by atoms with E-state index in [2.05, 4.69) is 10.1 Å². The zero-order valence-electron chi connectivity index (χ0n) is 15.0. The van der Waals surface area contributed by atoms with E-state index in [1.54, 1.807) is 6.07 Å². The second kappa shape index (κ2) is 8.20. The first-order chi connectivity index (χ1) is 13.4. The predicted octanol–water partition coefficient (Wildman–Crippen LogP) is 2.98. The molecule has 28 heavy (non-hydrogen) atoms. The van der Waals surface area contributed by atoms with Crippen molar-refractivity contribution in [2.24, 2.45) is 0 Å². The number of halogens is 2. The van der Waals surface area contributed by atoms with Crippen LogP contribution in [0, 0.1) is 11.6 Å². The van der Waals surface area contributed by atoms with Gasteiger partial charge in [-0.05, 0) is 37.5 Å². The number of esters is 1. The number of hydrogen-bond donors (Lipinski definition) is 1. The van der Waals surface area contributed by atoms with Gasteiger partial charge in [0.2, 0.25) is 5.91 Å². The van der Waals surface area contributed by atoms with Crippen molar-refractivity contribution in [1.82, 2.24) is 4.90 Å². The fourth-order valence-corrected chi connectivity index (χ4v) is 3.12. The maximum absolute atomic E-state index is 14.1. The number of carbonyl (C=O) groups excluding carboxylic acids is 3. The molecule has 2 aromatic rings. The summed E-state index contributed by atoms with van der Waals surface area (Å²) in [5.74, 6) is -4.13. The van der Waals surface area contributed by atoms with Gasteiger partial charge in [0.15, 0.2) is 5.76 Å². The summed E-state index contributed by atoms with van der Waals surface area (Å²) in [7, 11) is 1.06. The average molecular weight is 392 g/mol. The summed E-state index contributed by atoms with van der Waals surface area (Å²) < 4.78 is 37.4. The molecular weight excluding hydrogens is 374 g/mol. The van der Waals surface area contributed by atoms with Crippen LogP contribution in [0.25, 0.3) is 0 Å². The van der Waals surface area contributed by atoms with Gasteiger partial charge in [0.05, 0.1) is 24.6 Å². The molecule has 1 aromatic heterocycles. The Hall–Kier alpha value is -3.23. The third kappa shape index (κ3) is 3.88. The number of hydrogen-bond acceptors (Lipinski definition) is 5. The Labute approximate surface area is 159 Å². The highest BCUT2D eigenvalue weighted by atomic mass is 19.1. The number of furan rings is 1. The third-order valence-electron chi connectivity index (χ3n) is 4.52. The molecule has 0 spiro atoms. The standard InChI is InChI=1S/C19H18F2N2O5/c1-27-19(26)11-9-14(13(21)10-12(11)20)22-17(24)15-5-2-3-7-23(15)18(25)16-6-4-8-28-16/h4,6,8-10,15H,2-3,5,7H2,1H3,(H,22,24).